The molecular formula is C31H30N2. The van der Waals surface area contributed by atoms with Gasteiger partial charge >= 0.3 is 0 Å². The number of nitrogens with zero attached hydrogens (tertiary/aromatic N) is 2. The Hall–Kier alpha value is -3.65. The minimum Gasteiger partial charge on any atom is -0.350 e. The average Bonchev–Trinajstić information content (AvgIpc) is 3.11. The van der Waals surface area contributed by atoms with Crippen molar-refractivity contribution in [3.63, 3.8) is 0 Å². The number of aliphatic imine (C=N–C) groups is 1. The van der Waals surface area contributed by atoms with Gasteiger partial charge in [-0.1, -0.05) is 97.1 Å². The molecule has 1 unspecified atom stereocenters. The maximum absolute atomic E-state index is 5.36. The standard InChI is InChI=1S/C31H30N2/c1-30(2,3)33-28-22-14-13-21-27(28)29(32-26-19-11-6-12-20-26)31(33,25-17-9-5-10-18-25)23-24-15-7-4-8-16-24/h4-22H,23H2,1-3H3/b32-29-. The number of hydrogen-bond acceptors (Lipinski definition) is 2. The summed E-state index contributed by atoms with van der Waals surface area (Å²) in [7, 11) is 0. The number of rotatable bonds is 4. The second-order valence-corrected chi connectivity index (χ2v) is 9.71. The van der Waals surface area contributed by atoms with Crippen molar-refractivity contribution in [2.45, 2.75) is 38.3 Å². The van der Waals surface area contributed by atoms with Crippen LogP contribution in [0.4, 0.5) is 11.4 Å². The van der Waals surface area contributed by atoms with Crippen molar-refractivity contribution < 1.29 is 0 Å². The largest absolute Gasteiger partial charge is 0.350 e. The molecule has 2 heteroatoms. The SMILES string of the molecule is CC(C)(C)N1c2ccccc2/C(=N/c2ccccc2)C1(Cc1ccccc1)c1ccccc1. The first-order valence-electron chi connectivity index (χ1n) is 11.6. The normalized spacial score (nSPS) is 19.0. The summed E-state index contributed by atoms with van der Waals surface area (Å²) >= 11 is 0. The van der Waals surface area contributed by atoms with Gasteiger partial charge in [-0.05, 0) is 50.1 Å². The Morgan fingerprint density at radius 1 is 0.667 bits per heavy atom. The Bertz CT molecular complexity index is 1250. The third-order valence-corrected chi connectivity index (χ3v) is 6.40. The zero-order valence-corrected chi connectivity index (χ0v) is 19.6. The molecule has 1 atom stereocenters. The summed E-state index contributed by atoms with van der Waals surface area (Å²) in [6, 6.07) is 40.8. The van der Waals surface area contributed by atoms with E-state index < -0.39 is 5.54 Å². The van der Waals surface area contributed by atoms with Crippen molar-refractivity contribution in [1.29, 1.82) is 0 Å². The fourth-order valence-corrected chi connectivity index (χ4v) is 5.26. The lowest BCUT2D eigenvalue weighted by molar-refractivity contribution is 0.401. The molecule has 0 N–H and O–H groups in total. The Morgan fingerprint density at radius 3 is 1.85 bits per heavy atom. The van der Waals surface area contributed by atoms with Crippen molar-refractivity contribution in [2.24, 2.45) is 4.99 Å². The summed E-state index contributed by atoms with van der Waals surface area (Å²) < 4.78 is 0. The zero-order valence-electron chi connectivity index (χ0n) is 19.6. The van der Waals surface area contributed by atoms with Crippen LogP contribution in [0.25, 0.3) is 0 Å². The highest BCUT2D eigenvalue weighted by atomic mass is 15.3. The maximum Gasteiger partial charge on any atom is 0.113 e. The van der Waals surface area contributed by atoms with E-state index in [1.165, 1.54) is 22.4 Å². The number of fused-ring (bicyclic) bond motifs is 1. The molecule has 0 spiro atoms. The Balaban J connectivity index is 1.87. The molecule has 5 rings (SSSR count). The molecule has 0 fully saturated rings. The third kappa shape index (κ3) is 3.76. The van der Waals surface area contributed by atoms with Gasteiger partial charge in [0.15, 0.2) is 0 Å². The minimum atomic E-state index is -0.444. The van der Waals surface area contributed by atoms with Gasteiger partial charge in [0, 0.05) is 23.2 Å². The van der Waals surface area contributed by atoms with E-state index in [1.807, 2.05) is 6.07 Å². The molecule has 2 nitrogen and oxygen atoms in total. The van der Waals surface area contributed by atoms with E-state index in [-0.39, 0.29) is 5.54 Å². The summed E-state index contributed by atoms with van der Waals surface area (Å²) in [5.74, 6) is 0. The lowest BCUT2D eigenvalue weighted by Gasteiger charge is -2.49. The predicted octanol–water partition coefficient (Wildman–Crippen LogP) is 7.56. The van der Waals surface area contributed by atoms with Crippen molar-refractivity contribution in [3.05, 3.63) is 132 Å². The third-order valence-electron chi connectivity index (χ3n) is 6.40. The Morgan fingerprint density at radius 2 is 1.21 bits per heavy atom. The number of para-hydroxylation sites is 2. The quantitative estimate of drug-likeness (QED) is 0.326. The number of anilines is 1. The van der Waals surface area contributed by atoms with Gasteiger partial charge in [0.05, 0.1) is 11.4 Å². The molecule has 164 valence electrons. The highest BCUT2D eigenvalue weighted by molar-refractivity contribution is 6.18. The molecule has 1 aliphatic heterocycles. The molecule has 0 aromatic heterocycles. The van der Waals surface area contributed by atoms with Gasteiger partial charge in [-0.15, -0.1) is 0 Å². The van der Waals surface area contributed by atoms with E-state index in [4.69, 9.17) is 4.99 Å². The first-order valence-corrected chi connectivity index (χ1v) is 11.6. The Labute approximate surface area is 197 Å². The molecule has 0 bridgehead atoms. The molecule has 0 saturated carbocycles. The molecule has 4 aromatic carbocycles. The van der Waals surface area contributed by atoms with Crippen LogP contribution in [0.2, 0.25) is 0 Å². The monoisotopic (exact) mass is 430 g/mol. The lowest BCUT2D eigenvalue weighted by Crippen LogP contribution is -2.57. The van der Waals surface area contributed by atoms with Crippen LogP contribution in [-0.2, 0) is 12.0 Å². The summed E-state index contributed by atoms with van der Waals surface area (Å²) in [6.07, 6.45) is 0.829. The first-order chi connectivity index (χ1) is 16.0. The van der Waals surface area contributed by atoms with Gasteiger partial charge in [-0.2, -0.15) is 0 Å². The average molecular weight is 431 g/mol. The van der Waals surface area contributed by atoms with Gasteiger partial charge in [-0.3, -0.25) is 0 Å². The second-order valence-electron chi connectivity index (χ2n) is 9.71. The van der Waals surface area contributed by atoms with E-state index in [9.17, 15) is 0 Å². The van der Waals surface area contributed by atoms with Crippen LogP contribution in [0, 0.1) is 0 Å². The van der Waals surface area contributed by atoms with E-state index in [0.29, 0.717) is 0 Å². The van der Waals surface area contributed by atoms with Crippen molar-refractivity contribution >= 4 is 17.1 Å². The van der Waals surface area contributed by atoms with E-state index in [0.717, 1.165) is 17.8 Å². The van der Waals surface area contributed by atoms with Gasteiger partial charge in [0.25, 0.3) is 0 Å². The topological polar surface area (TPSA) is 15.6 Å². The molecule has 0 amide bonds. The summed E-state index contributed by atoms with van der Waals surface area (Å²) in [4.78, 5) is 7.96. The summed E-state index contributed by atoms with van der Waals surface area (Å²) in [5.41, 5.74) is 6.50. The zero-order chi connectivity index (χ0) is 22.9. The highest BCUT2D eigenvalue weighted by Gasteiger charge is 2.53. The van der Waals surface area contributed by atoms with Gasteiger partial charge in [0.2, 0.25) is 0 Å². The molecule has 0 aliphatic carbocycles. The smallest absolute Gasteiger partial charge is 0.113 e. The lowest BCUT2D eigenvalue weighted by atomic mass is 9.77. The molecule has 0 saturated heterocycles. The van der Waals surface area contributed by atoms with Crippen LogP contribution >= 0.6 is 0 Å². The first kappa shape index (κ1) is 21.2. The molecular weight excluding hydrogens is 400 g/mol. The van der Waals surface area contributed by atoms with Crippen molar-refractivity contribution in [2.75, 3.05) is 4.90 Å². The van der Waals surface area contributed by atoms with E-state index in [1.54, 1.807) is 0 Å². The number of benzene rings is 4. The van der Waals surface area contributed by atoms with E-state index in [2.05, 4.69) is 135 Å². The highest BCUT2D eigenvalue weighted by Crippen LogP contribution is 2.51. The molecule has 1 heterocycles. The van der Waals surface area contributed by atoms with Crippen LogP contribution in [0.5, 0.6) is 0 Å². The maximum atomic E-state index is 5.36. The van der Waals surface area contributed by atoms with Gasteiger partial charge in [0.1, 0.15) is 5.54 Å². The molecule has 4 aromatic rings. The fraction of sp³-hybridized carbons (Fsp3) is 0.194. The number of hydrogen-bond donors (Lipinski definition) is 0. The Kier molecular flexibility index (Phi) is 5.38. The molecule has 0 radical (unpaired) electrons. The van der Waals surface area contributed by atoms with Crippen LogP contribution in [0.15, 0.2) is 120 Å². The van der Waals surface area contributed by atoms with Gasteiger partial charge in [-0.25, -0.2) is 4.99 Å². The summed E-state index contributed by atoms with van der Waals surface area (Å²) in [5, 5.41) is 0. The fourth-order valence-electron chi connectivity index (χ4n) is 5.26. The van der Waals surface area contributed by atoms with Crippen LogP contribution in [0.1, 0.15) is 37.5 Å². The molecule has 1 aliphatic rings. The minimum absolute atomic E-state index is 0.130. The van der Waals surface area contributed by atoms with Gasteiger partial charge < -0.3 is 4.90 Å². The van der Waals surface area contributed by atoms with Crippen LogP contribution in [0.3, 0.4) is 0 Å². The van der Waals surface area contributed by atoms with E-state index >= 15 is 0 Å². The second kappa shape index (κ2) is 8.37. The van der Waals surface area contributed by atoms with Crippen LogP contribution < -0.4 is 4.90 Å². The van der Waals surface area contributed by atoms with Crippen molar-refractivity contribution in [3.8, 4) is 0 Å². The van der Waals surface area contributed by atoms with Crippen LogP contribution in [-0.4, -0.2) is 11.3 Å². The summed E-state index contributed by atoms with van der Waals surface area (Å²) in [6.45, 7) is 6.91. The van der Waals surface area contributed by atoms with Crippen molar-refractivity contribution in [1.82, 2.24) is 0 Å². The predicted molar refractivity (Wildman–Crippen MR) is 140 cm³/mol. The molecule has 33 heavy (non-hydrogen) atoms.